The first kappa shape index (κ1) is 7.47. The maximum atomic E-state index is 5.91. The second-order valence-electron chi connectivity index (χ2n) is 3.24. The Kier molecular flexibility index (Phi) is 1.68. The fraction of sp³-hybridized carbons (Fsp3) is 0.400. The fourth-order valence-corrected chi connectivity index (χ4v) is 1.49. The molecule has 64 valence electrons. The quantitative estimate of drug-likeness (QED) is 0.678. The van der Waals surface area contributed by atoms with Crippen LogP contribution in [0.15, 0.2) is 18.2 Å². The van der Waals surface area contributed by atoms with E-state index in [9.17, 15) is 0 Å². The minimum atomic E-state index is 0.695. The van der Waals surface area contributed by atoms with E-state index in [1.54, 1.807) is 7.11 Å². The van der Waals surface area contributed by atoms with Gasteiger partial charge in [0.05, 0.1) is 12.8 Å². The molecule has 0 heterocycles. The van der Waals surface area contributed by atoms with Crippen molar-refractivity contribution in [2.75, 3.05) is 12.8 Å². The normalized spacial score (nSPS) is 16.1. The zero-order chi connectivity index (χ0) is 8.55. The van der Waals surface area contributed by atoms with Crippen molar-refractivity contribution >= 4 is 5.69 Å². The van der Waals surface area contributed by atoms with Gasteiger partial charge in [0.15, 0.2) is 0 Å². The van der Waals surface area contributed by atoms with Crippen molar-refractivity contribution in [1.29, 1.82) is 0 Å². The molecule has 0 spiro atoms. The summed E-state index contributed by atoms with van der Waals surface area (Å²) < 4.78 is 5.14. The van der Waals surface area contributed by atoms with Crippen molar-refractivity contribution < 1.29 is 4.74 Å². The topological polar surface area (TPSA) is 35.2 Å². The predicted octanol–water partition coefficient (Wildman–Crippen LogP) is 2.15. The fourth-order valence-electron chi connectivity index (χ4n) is 1.49. The molecule has 0 aliphatic heterocycles. The third-order valence-electron chi connectivity index (χ3n) is 2.34. The van der Waals surface area contributed by atoms with Gasteiger partial charge in [-0.3, -0.25) is 0 Å². The lowest BCUT2D eigenvalue weighted by Gasteiger charge is -2.08. The van der Waals surface area contributed by atoms with E-state index >= 15 is 0 Å². The lowest BCUT2D eigenvalue weighted by molar-refractivity contribution is 0.416. The number of ether oxygens (including phenoxy) is 1. The summed E-state index contributed by atoms with van der Waals surface area (Å²) in [4.78, 5) is 0. The van der Waals surface area contributed by atoms with Crippen LogP contribution in [-0.4, -0.2) is 7.11 Å². The Hall–Kier alpha value is -1.18. The lowest BCUT2D eigenvalue weighted by atomic mass is 10.1. The van der Waals surface area contributed by atoms with Gasteiger partial charge in [0, 0.05) is 0 Å². The van der Waals surface area contributed by atoms with Gasteiger partial charge in [-0.1, -0.05) is 12.1 Å². The number of nitrogens with two attached hydrogens (primary N) is 1. The highest BCUT2D eigenvalue weighted by Gasteiger charge is 2.26. The Labute approximate surface area is 72.3 Å². The summed E-state index contributed by atoms with van der Waals surface area (Å²) in [7, 11) is 1.66. The van der Waals surface area contributed by atoms with Crippen molar-refractivity contribution in [2.45, 2.75) is 18.8 Å². The molecule has 1 saturated carbocycles. The molecule has 0 bridgehead atoms. The van der Waals surface area contributed by atoms with E-state index in [1.807, 2.05) is 12.1 Å². The van der Waals surface area contributed by atoms with E-state index in [2.05, 4.69) is 6.07 Å². The number of nitrogen functional groups attached to an aromatic ring is 1. The monoisotopic (exact) mass is 163 g/mol. The maximum Gasteiger partial charge on any atom is 0.142 e. The molecule has 0 atom stereocenters. The van der Waals surface area contributed by atoms with Crippen LogP contribution in [0, 0.1) is 0 Å². The second kappa shape index (κ2) is 2.70. The summed E-state index contributed by atoms with van der Waals surface area (Å²) in [6, 6.07) is 6.00. The number of anilines is 1. The molecule has 2 heteroatoms. The molecule has 0 aromatic heterocycles. The van der Waals surface area contributed by atoms with Gasteiger partial charge in [-0.25, -0.2) is 0 Å². The number of methoxy groups -OCH3 is 1. The van der Waals surface area contributed by atoms with Gasteiger partial charge in [0.2, 0.25) is 0 Å². The van der Waals surface area contributed by atoms with E-state index < -0.39 is 0 Å². The smallest absolute Gasteiger partial charge is 0.142 e. The molecule has 2 N–H and O–H groups in total. The summed E-state index contributed by atoms with van der Waals surface area (Å²) in [5.41, 5.74) is 7.99. The highest BCUT2D eigenvalue weighted by molar-refractivity contribution is 5.60. The van der Waals surface area contributed by atoms with Crippen molar-refractivity contribution in [3.05, 3.63) is 23.8 Å². The van der Waals surface area contributed by atoms with Crippen molar-refractivity contribution in [2.24, 2.45) is 0 Å². The predicted molar refractivity (Wildman–Crippen MR) is 49.4 cm³/mol. The van der Waals surface area contributed by atoms with Crippen LogP contribution < -0.4 is 10.5 Å². The molecule has 1 fully saturated rings. The van der Waals surface area contributed by atoms with Crippen LogP contribution in [0.4, 0.5) is 5.69 Å². The van der Waals surface area contributed by atoms with Gasteiger partial charge in [-0.05, 0) is 30.4 Å². The largest absolute Gasteiger partial charge is 0.495 e. The van der Waals surface area contributed by atoms with Crippen LogP contribution in [0.1, 0.15) is 24.3 Å². The molecule has 1 aliphatic rings. The minimum Gasteiger partial charge on any atom is -0.495 e. The minimum absolute atomic E-state index is 0.695. The molecular weight excluding hydrogens is 150 g/mol. The summed E-state index contributed by atoms with van der Waals surface area (Å²) in [6.07, 6.45) is 2.55. The van der Waals surface area contributed by atoms with Crippen molar-refractivity contribution in [3.63, 3.8) is 0 Å². The molecular formula is C10H13NO. The lowest BCUT2D eigenvalue weighted by Crippen LogP contribution is -1.96. The molecule has 1 aromatic rings. The average Bonchev–Trinajstić information content (AvgIpc) is 2.88. The molecule has 12 heavy (non-hydrogen) atoms. The Bertz CT molecular complexity index is 292. The maximum absolute atomic E-state index is 5.91. The first-order valence-corrected chi connectivity index (χ1v) is 4.25. The number of hydrogen-bond donors (Lipinski definition) is 1. The van der Waals surface area contributed by atoms with Crippen molar-refractivity contribution in [1.82, 2.24) is 0 Å². The van der Waals surface area contributed by atoms with Crippen LogP contribution in [-0.2, 0) is 0 Å². The first-order valence-electron chi connectivity index (χ1n) is 4.25. The van der Waals surface area contributed by atoms with E-state index in [0.29, 0.717) is 5.92 Å². The molecule has 0 unspecified atom stereocenters. The van der Waals surface area contributed by atoms with Gasteiger partial charge >= 0.3 is 0 Å². The summed E-state index contributed by atoms with van der Waals surface area (Å²) in [5.74, 6) is 1.50. The average molecular weight is 163 g/mol. The third-order valence-corrected chi connectivity index (χ3v) is 2.34. The summed E-state index contributed by atoms with van der Waals surface area (Å²) >= 11 is 0. The molecule has 1 aliphatic carbocycles. The van der Waals surface area contributed by atoms with E-state index in [0.717, 1.165) is 11.4 Å². The van der Waals surface area contributed by atoms with Gasteiger partial charge in [-0.15, -0.1) is 0 Å². The molecule has 2 nitrogen and oxygen atoms in total. The van der Waals surface area contributed by atoms with Gasteiger partial charge in [0.25, 0.3) is 0 Å². The highest BCUT2D eigenvalue weighted by atomic mass is 16.5. The standard InChI is InChI=1S/C10H13NO/c1-12-9-4-2-3-8(10(9)11)7-5-6-7/h2-4,7H,5-6,11H2,1H3. The number of hydrogen-bond acceptors (Lipinski definition) is 2. The molecule has 0 saturated heterocycles. The Balaban J connectivity index is 2.40. The molecule has 2 rings (SSSR count). The number of para-hydroxylation sites is 1. The SMILES string of the molecule is COc1cccc(C2CC2)c1N. The molecule has 1 aromatic carbocycles. The third kappa shape index (κ3) is 1.13. The number of rotatable bonds is 2. The Morgan fingerprint density at radius 2 is 2.17 bits per heavy atom. The van der Waals surface area contributed by atoms with Crippen LogP contribution in [0.3, 0.4) is 0 Å². The van der Waals surface area contributed by atoms with Crippen LogP contribution in [0.5, 0.6) is 5.75 Å². The van der Waals surface area contributed by atoms with Gasteiger partial charge in [0.1, 0.15) is 5.75 Å². The van der Waals surface area contributed by atoms with Gasteiger partial charge < -0.3 is 10.5 Å². The van der Waals surface area contributed by atoms with Crippen LogP contribution in [0.2, 0.25) is 0 Å². The van der Waals surface area contributed by atoms with E-state index in [4.69, 9.17) is 10.5 Å². The Morgan fingerprint density at radius 1 is 1.42 bits per heavy atom. The summed E-state index contributed by atoms with van der Waals surface area (Å²) in [5, 5.41) is 0. The molecule has 0 amide bonds. The molecule has 0 radical (unpaired) electrons. The number of benzene rings is 1. The van der Waals surface area contributed by atoms with Gasteiger partial charge in [-0.2, -0.15) is 0 Å². The van der Waals surface area contributed by atoms with Crippen LogP contribution >= 0.6 is 0 Å². The van der Waals surface area contributed by atoms with Crippen LogP contribution in [0.25, 0.3) is 0 Å². The van der Waals surface area contributed by atoms with E-state index in [1.165, 1.54) is 18.4 Å². The zero-order valence-electron chi connectivity index (χ0n) is 7.21. The van der Waals surface area contributed by atoms with Crippen molar-refractivity contribution in [3.8, 4) is 5.75 Å². The second-order valence-corrected chi connectivity index (χ2v) is 3.24. The van der Waals surface area contributed by atoms with E-state index in [-0.39, 0.29) is 0 Å². The Morgan fingerprint density at radius 3 is 2.75 bits per heavy atom. The highest BCUT2D eigenvalue weighted by Crippen LogP contribution is 2.44. The summed E-state index contributed by atoms with van der Waals surface area (Å²) in [6.45, 7) is 0. The first-order chi connectivity index (χ1) is 5.83. The zero-order valence-corrected chi connectivity index (χ0v) is 7.21.